The zero-order chi connectivity index (χ0) is 20.7. The quantitative estimate of drug-likeness (QED) is 0.854. The van der Waals surface area contributed by atoms with Gasteiger partial charge in [-0.3, -0.25) is 14.5 Å². The first-order chi connectivity index (χ1) is 13.0. The largest absolute Gasteiger partial charge is 0.476 e. The van der Waals surface area contributed by atoms with Gasteiger partial charge in [-0.05, 0) is 50.6 Å². The number of amides is 2. The van der Waals surface area contributed by atoms with Gasteiger partial charge in [0.2, 0.25) is 5.91 Å². The van der Waals surface area contributed by atoms with Crippen LogP contribution in [0.15, 0.2) is 42.5 Å². The number of aryl methyl sites for hydroxylation is 1. The van der Waals surface area contributed by atoms with Gasteiger partial charge in [0.1, 0.15) is 12.3 Å². The van der Waals surface area contributed by atoms with Crippen LogP contribution in [0.1, 0.15) is 25.0 Å². The van der Waals surface area contributed by atoms with E-state index in [0.29, 0.717) is 11.4 Å². The van der Waals surface area contributed by atoms with Crippen LogP contribution < -0.4 is 15.0 Å². The third kappa shape index (κ3) is 3.81. The van der Waals surface area contributed by atoms with Crippen molar-refractivity contribution in [2.45, 2.75) is 32.5 Å². The number of carbonyl (C=O) groups excluding carboxylic acids is 2. The van der Waals surface area contributed by atoms with Crippen molar-refractivity contribution in [3.8, 4) is 5.75 Å². The Hall–Kier alpha value is -3.03. The minimum atomic E-state index is -4.61. The van der Waals surface area contributed by atoms with E-state index in [1.165, 1.54) is 23.1 Å². The van der Waals surface area contributed by atoms with Gasteiger partial charge in [0.25, 0.3) is 5.91 Å². The first-order valence-electron chi connectivity index (χ1n) is 8.57. The summed E-state index contributed by atoms with van der Waals surface area (Å²) in [6, 6.07) is 9.89. The van der Waals surface area contributed by atoms with E-state index in [2.05, 4.69) is 5.32 Å². The fourth-order valence-corrected chi connectivity index (χ4v) is 3.01. The highest BCUT2D eigenvalue weighted by Crippen LogP contribution is 2.38. The second-order valence-electron chi connectivity index (χ2n) is 7.07. The molecule has 2 aromatic rings. The lowest BCUT2D eigenvalue weighted by Gasteiger charge is -2.38. The summed E-state index contributed by atoms with van der Waals surface area (Å²) in [4.78, 5) is 26.5. The number of carbonyl (C=O) groups is 2. The molecular formula is C20H19F3N2O3. The van der Waals surface area contributed by atoms with Gasteiger partial charge in [-0.25, -0.2) is 0 Å². The second-order valence-corrected chi connectivity index (χ2v) is 7.07. The lowest BCUT2D eigenvalue weighted by molar-refractivity contribution is -0.137. The van der Waals surface area contributed by atoms with E-state index in [4.69, 9.17) is 4.74 Å². The average molecular weight is 392 g/mol. The first-order valence-corrected chi connectivity index (χ1v) is 8.57. The lowest BCUT2D eigenvalue weighted by Crippen LogP contribution is -2.54. The molecule has 148 valence electrons. The minimum Gasteiger partial charge on any atom is -0.476 e. The van der Waals surface area contributed by atoms with Gasteiger partial charge in [-0.1, -0.05) is 18.2 Å². The standard InChI is InChI=1S/C20H19F3N2O3/c1-12-8-9-16-15(10-12)25(18(27)19(2,3)28-16)11-17(26)24-14-7-5-4-6-13(14)20(21,22)23/h4-10H,11H2,1-3H3,(H,24,26). The molecule has 0 fully saturated rings. The molecule has 1 N–H and O–H groups in total. The van der Waals surface area contributed by atoms with Gasteiger partial charge in [0, 0.05) is 0 Å². The molecule has 0 atom stereocenters. The van der Waals surface area contributed by atoms with Crippen molar-refractivity contribution in [3.05, 3.63) is 53.6 Å². The molecule has 28 heavy (non-hydrogen) atoms. The predicted molar refractivity (Wildman–Crippen MR) is 98.3 cm³/mol. The van der Waals surface area contributed by atoms with Gasteiger partial charge in [0.05, 0.1) is 16.9 Å². The van der Waals surface area contributed by atoms with E-state index < -0.39 is 35.7 Å². The Balaban J connectivity index is 1.89. The van der Waals surface area contributed by atoms with Crippen molar-refractivity contribution < 1.29 is 27.5 Å². The zero-order valence-electron chi connectivity index (χ0n) is 15.6. The Morgan fingerprint density at radius 3 is 2.54 bits per heavy atom. The summed E-state index contributed by atoms with van der Waals surface area (Å²) in [6.45, 7) is 4.53. The molecule has 1 heterocycles. The molecule has 0 spiro atoms. The summed E-state index contributed by atoms with van der Waals surface area (Å²) in [5.74, 6) is -0.765. The van der Waals surface area contributed by atoms with Crippen LogP contribution in [-0.2, 0) is 15.8 Å². The summed E-state index contributed by atoms with van der Waals surface area (Å²) in [6.07, 6.45) is -4.61. The summed E-state index contributed by atoms with van der Waals surface area (Å²) >= 11 is 0. The van der Waals surface area contributed by atoms with Crippen molar-refractivity contribution in [2.24, 2.45) is 0 Å². The number of rotatable bonds is 3. The summed E-state index contributed by atoms with van der Waals surface area (Å²) < 4.78 is 45.1. The van der Waals surface area contributed by atoms with Crippen LogP contribution in [0.25, 0.3) is 0 Å². The number of nitrogens with zero attached hydrogens (tertiary/aromatic N) is 1. The summed E-state index contributed by atoms with van der Waals surface area (Å²) in [7, 11) is 0. The van der Waals surface area contributed by atoms with E-state index >= 15 is 0 Å². The van der Waals surface area contributed by atoms with E-state index in [0.717, 1.165) is 11.6 Å². The Morgan fingerprint density at radius 2 is 1.86 bits per heavy atom. The first kappa shape index (κ1) is 19.7. The highest BCUT2D eigenvalue weighted by molar-refractivity contribution is 6.07. The Labute approximate surface area is 160 Å². The van der Waals surface area contributed by atoms with Crippen LogP contribution in [0.4, 0.5) is 24.5 Å². The van der Waals surface area contributed by atoms with E-state index in [1.807, 2.05) is 13.0 Å². The van der Waals surface area contributed by atoms with Gasteiger partial charge >= 0.3 is 6.18 Å². The van der Waals surface area contributed by atoms with Crippen molar-refractivity contribution in [1.29, 1.82) is 0 Å². The molecule has 3 rings (SSSR count). The zero-order valence-corrected chi connectivity index (χ0v) is 15.6. The van der Waals surface area contributed by atoms with Crippen LogP contribution >= 0.6 is 0 Å². The fraction of sp³-hybridized carbons (Fsp3) is 0.300. The third-order valence-corrected chi connectivity index (χ3v) is 4.34. The van der Waals surface area contributed by atoms with E-state index in [1.54, 1.807) is 26.0 Å². The molecule has 8 heteroatoms. The topological polar surface area (TPSA) is 58.6 Å². The highest BCUT2D eigenvalue weighted by Gasteiger charge is 2.42. The number of nitrogens with one attached hydrogen (secondary N) is 1. The molecule has 0 bridgehead atoms. The van der Waals surface area contributed by atoms with Crippen LogP contribution in [0.5, 0.6) is 5.75 Å². The number of hydrogen-bond donors (Lipinski definition) is 1. The molecule has 0 saturated carbocycles. The molecule has 0 saturated heterocycles. The average Bonchev–Trinajstić information content (AvgIpc) is 2.59. The molecule has 0 aliphatic carbocycles. The maximum absolute atomic E-state index is 13.1. The fourth-order valence-electron chi connectivity index (χ4n) is 3.01. The van der Waals surface area contributed by atoms with Gasteiger partial charge < -0.3 is 10.1 Å². The van der Waals surface area contributed by atoms with Gasteiger partial charge in [-0.15, -0.1) is 0 Å². The normalized spacial score (nSPS) is 15.6. The number of anilines is 2. The molecule has 1 aliphatic heterocycles. The number of alkyl halides is 3. The Kier molecular flexibility index (Phi) is 4.82. The van der Waals surface area contributed by atoms with Crippen molar-refractivity contribution >= 4 is 23.2 Å². The molecule has 0 aromatic heterocycles. The number of benzene rings is 2. The third-order valence-electron chi connectivity index (χ3n) is 4.34. The van der Waals surface area contributed by atoms with E-state index in [-0.39, 0.29) is 5.69 Å². The van der Waals surface area contributed by atoms with Crippen LogP contribution in [0, 0.1) is 6.92 Å². The monoisotopic (exact) mass is 392 g/mol. The molecular weight excluding hydrogens is 373 g/mol. The highest BCUT2D eigenvalue weighted by atomic mass is 19.4. The molecule has 5 nitrogen and oxygen atoms in total. The van der Waals surface area contributed by atoms with Crippen molar-refractivity contribution in [2.75, 3.05) is 16.8 Å². The molecule has 2 amide bonds. The van der Waals surface area contributed by atoms with Crippen LogP contribution in [0.3, 0.4) is 0 Å². The van der Waals surface area contributed by atoms with Crippen LogP contribution in [-0.4, -0.2) is 24.0 Å². The van der Waals surface area contributed by atoms with Gasteiger partial charge in [0.15, 0.2) is 5.60 Å². The SMILES string of the molecule is Cc1ccc2c(c1)N(CC(=O)Nc1ccccc1C(F)(F)F)C(=O)C(C)(C)O2. The number of ether oxygens (including phenoxy) is 1. The predicted octanol–water partition coefficient (Wildman–Crippen LogP) is 4.16. The minimum absolute atomic E-state index is 0.357. The second kappa shape index (κ2) is 6.85. The molecule has 0 radical (unpaired) electrons. The number of fused-ring (bicyclic) bond motifs is 1. The number of halogens is 3. The van der Waals surface area contributed by atoms with Crippen molar-refractivity contribution in [3.63, 3.8) is 0 Å². The molecule has 1 aliphatic rings. The molecule has 0 unspecified atom stereocenters. The number of para-hydroxylation sites is 1. The maximum Gasteiger partial charge on any atom is 0.418 e. The summed E-state index contributed by atoms with van der Waals surface area (Å²) in [5.41, 5.74) is -1.25. The Morgan fingerprint density at radius 1 is 1.18 bits per heavy atom. The van der Waals surface area contributed by atoms with Crippen molar-refractivity contribution in [1.82, 2.24) is 0 Å². The lowest BCUT2D eigenvalue weighted by atomic mass is 10.0. The number of hydrogen-bond acceptors (Lipinski definition) is 3. The summed E-state index contributed by atoms with van der Waals surface area (Å²) in [5, 5.41) is 2.26. The Bertz CT molecular complexity index is 939. The van der Waals surface area contributed by atoms with Crippen LogP contribution in [0.2, 0.25) is 0 Å². The smallest absolute Gasteiger partial charge is 0.418 e. The maximum atomic E-state index is 13.1. The van der Waals surface area contributed by atoms with Gasteiger partial charge in [-0.2, -0.15) is 13.2 Å². The van der Waals surface area contributed by atoms with E-state index in [9.17, 15) is 22.8 Å². The molecule has 2 aromatic carbocycles.